The first-order chi connectivity index (χ1) is 14.4. The van der Waals surface area contributed by atoms with E-state index in [4.69, 9.17) is 4.79 Å². The van der Waals surface area contributed by atoms with Crippen LogP contribution in [-0.2, 0) is 4.79 Å². The summed E-state index contributed by atoms with van der Waals surface area (Å²) in [5.74, 6) is 1.05. The first-order valence-electron chi connectivity index (χ1n) is 11.7. The van der Waals surface area contributed by atoms with Gasteiger partial charge >= 0.3 is 0 Å². The fourth-order valence-corrected chi connectivity index (χ4v) is 3.90. The first-order valence-corrected chi connectivity index (χ1v) is 12.5. The standard InChI is InChI=1S/C19H28BrN.C6H12.C2H4O/c1-5-8-18(9-6-2)21-19-12-10-16(11-13-19)15(4)14-17(20)7-3;1-6-4-2-3-5-6;1-2-3/h7,10-14,18,21H,5-6,8-9H2,1-4H3;6H,2-5H2,1H3;2H,1H3/b15-14+,17-7+;;. The largest absolute Gasteiger partial charge is 0.382 e. The van der Waals surface area contributed by atoms with Gasteiger partial charge in [0.25, 0.3) is 0 Å². The van der Waals surface area contributed by atoms with Crippen LogP contribution < -0.4 is 5.32 Å². The summed E-state index contributed by atoms with van der Waals surface area (Å²) in [5, 5.41) is 3.66. The van der Waals surface area contributed by atoms with Crippen molar-refractivity contribution in [3.8, 4) is 0 Å². The number of carbonyl (C=O) groups is 1. The average Bonchev–Trinajstić information content (AvgIpc) is 3.21. The quantitative estimate of drug-likeness (QED) is 0.298. The Kier molecular flexibility index (Phi) is 17.6. The van der Waals surface area contributed by atoms with Gasteiger partial charge in [-0.2, -0.15) is 0 Å². The predicted molar refractivity (Wildman–Crippen MR) is 139 cm³/mol. The van der Waals surface area contributed by atoms with Crippen LogP contribution in [0.2, 0.25) is 0 Å². The van der Waals surface area contributed by atoms with Crippen LogP contribution in [0.1, 0.15) is 98.5 Å². The summed E-state index contributed by atoms with van der Waals surface area (Å²) in [4.78, 5) is 8.81. The Hall–Kier alpha value is -1.35. The van der Waals surface area contributed by atoms with Crippen LogP contribution in [0.3, 0.4) is 0 Å². The van der Waals surface area contributed by atoms with Gasteiger partial charge < -0.3 is 10.1 Å². The molecule has 0 aromatic heterocycles. The van der Waals surface area contributed by atoms with E-state index in [0.29, 0.717) is 6.04 Å². The molecule has 170 valence electrons. The third-order valence-electron chi connectivity index (χ3n) is 5.26. The van der Waals surface area contributed by atoms with E-state index in [1.807, 2.05) is 6.92 Å². The number of anilines is 1. The maximum absolute atomic E-state index is 8.81. The van der Waals surface area contributed by atoms with Crippen molar-refractivity contribution in [3.05, 3.63) is 46.5 Å². The normalized spacial score (nSPS) is 14.5. The maximum Gasteiger partial charge on any atom is 0.116 e. The molecule has 2 nitrogen and oxygen atoms in total. The van der Waals surface area contributed by atoms with Crippen LogP contribution in [0.5, 0.6) is 0 Å². The van der Waals surface area contributed by atoms with Crippen LogP contribution in [0.4, 0.5) is 5.69 Å². The smallest absolute Gasteiger partial charge is 0.116 e. The number of allylic oxidation sites excluding steroid dienone is 4. The average molecular weight is 479 g/mol. The number of hydrogen-bond acceptors (Lipinski definition) is 2. The molecule has 1 saturated carbocycles. The van der Waals surface area contributed by atoms with E-state index >= 15 is 0 Å². The number of rotatable bonds is 8. The molecule has 0 amide bonds. The zero-order valence-electron chi connectivity index (χ0n) is 20.1. The Labute approximate surface area is 194 Å². The van der Waals surface area contributed by atoms with Gasteiger partial charge in [-0.25, -0.2) is 0 Å². The Morgan fingerprint density at radius 2 is 1.60 bits per heavy atom. The molecule has 1 fully saturated rings. The molecule has 1 aromatic carbocycles. The van der Waals surface area contributed by atoms with Crippen molar-refractivity contribution in [2.75, 3.05) is 5.32 Å². The number of hydrogen-bond donors (Lipinski definition) is 1. The predicted octanol–water partition coefficient (Wildman–Crippen LogP) is 9.17. The van der Waals surface area contributed by atoms with Gasteiger partial charge in [0.15, 0.2) is 0 Å². The van der Waals surface area contributed by atoms with Gasteiger partial charge in [-0.3, -0.25) is 0 Å². The molecule has 1 aliphatic carbocycles. The number of carbonyl (C=O) groups excluding carboxylic acids is 1. The summed E-state index contributed by atoms with van der Waals surface area (Å²) in [5.41, 5.74) is 3.76. The highest BCUT2D eigenvalue weighted by atomic mass is 79.9. The van der Waals surface area contributed by atoms with Gasteiger partial charge in [0.1, 0.15) is 6.29 Å². The van der Waals surface area contributed by atoms with E-state index in [1.165, 1.54) is 75.1 Å². The summed E-state index contributed by atoms with van der Waals surface area (Å²) in [7, 11) is 0. The van der Waals surface area contributed by atoms with Crippen molar-refractivity contribution >= 4 is 33.5 Å². The molecular weight excluding hydrogens is 434 g/mol. The minimum atomic E-state index is 0.597. The molecule has 2 rings (SSSR count). The topological polar surface area (TPSA) is 29.1 Å². The van der Waals surface area contributed by atoms with E-state index in [9.17, 15) is 0 Å². The lowest BCUT2D eigenvalue weighted by Gasteiger charge is -2.19. The van der Waals surface area contributed by atoms with Gasteiger partial charge in [0, 0.05) is 16.2 Å². The highest BCUT2D eigenvalue weighted by molar-refractivity contribution is 9.11. The summed E-state index contributed by atoms with van der Waals surface area (Å²) in [6, 6.07) is 9.36. The molecule has 0 saturated heterocycles. The van der Waals surface area contributed by atoms with Crippen molar-refractivity contribution in [1.29, 1.82) is 0 Å². The molecule has 0 heterocycles. The molecule has 0 radical (unpaired) electrons. The van der Waals surface area contributed by atoms with Crippen molar-refractivity contribution in [2.24, 2.45) is 5.92 Å². The summed E-state index contributed by atoms with van der Waals surface area (Å²) in [6.45, 7) is 12.5. The summed E-state index contributed by atoms with van der Waals surface area (Å²) < 4.78 is 1.12. The number of benzene rings is 1. The van der Waals surface area contributed by atoms with Gasteiger partial charge in [-0.15, -0.1) is 0 Å². The molecule has 0 bridgehead atoms. The highest BCUT2D eigenvalue weighted by Crippen LogP contribution is 2.23. The fourth-order valence-electron chi connectivity index (χ4n) is 3.55. The van der Waals surface area contributed by atoms with Crippen molar-refractivity contribution in [1.82, 2.24) is 0 Å². The zero-order valence-corrected chi connectivity index (χ0v) is 21.7. The Balaban J connectivity index is 0.000000771. The SMILES string of the molecule is C/C=C(Br)\C=C(/C)c1ccc(NC(CCC)CCC)cc1.CC1CCCC1.CC=O. The van der Waals surface area contributed by atoms with E-state index in [0.717, 1.165) is 16.7 Å². The third-order valence-corrected chi connectivity index (χ3v) is 5.95. The Morgan fingerprint density at radius 1 is 1.10 bits per heavy atom. The summed E-state index contributed by atoms with van der Waals surface area (Å²) >= 11 is 3.53. The van der Waals surface area contributed by atoms with Crippen LogP contribution in [0, 0.1) is 5.92 Å². The second kappa shape index (κ2) is 18.4. The van der Waals surface area contributed by atoms with E-state index in [-0.39, 0.29) is 0 Å². The molecule has 0 unspecified atom stereocenters. The lowest BCUT2D eigenvalue weighted by atomic mass is 10.0. The molecule has 0 atom stereocenters. The zero-order chi connectivity index (χ0) is 22.8. The van der Waals surface area contributed by atoms with E-state index in [1.54, 1.807) is 0 Å². The molecular formula is C27H44BrNO. The molecule has 0 aliphatic heterocycles. The van der Waals surface area contributed by atoms with E-state index < -0.39 is 0 Å². The van der Waals surface area contributed by atoms with Gasteiger partial charge in [-0.05, 0) is 68.9 Å². The van der Waals surface area contributed by atoms with Crippen LogP contribution in [0.15, 0.2) is 40.9 Å². The van der Waals surface area contributed by atoms with Crippen molar-refractivity contribution in [3.63, 3.8) is 0 Å². The van der Waals surface area contributed by atoms with Crippen molar-refractivity contribution in [2.45, 2.75) is 99.0 Å². The molecule has 0 spiro atoms. The molecule has 30 heavy (non-hydrogen) atoms. The lowest BCUT2D eigenvalue weighted by Crippen LogP contribution is -2.18. The highest BCUT2D eigenvalue weighted by Gasteiger charge is 2.07. The minimum absolute atomic E-state index is 0.597. The molecule has 3 heteroatoms. The lowest BCUT2D eigenvalue weighted by molar-refractivity contribution is -0.106. The summed E-state index contributed by atoms with van der Waals surface area (Å²) in [6.07, 6.45) is 15.8. The van der Waals surface area contributed by atoms with Gasteiger partial charge in [0.2, 0.25) is 0 Å². The van der Waals surface area contributed by atoms with Gasteiger partial charge in [0.05, 0.1) is 0 Å². The number of halogens is 1. The molecule has 1 aromatic rings. The number of aldehydes is 1. The van der Waals surface area contributed by atoms with Crippen LogP contribution in [-0.4, -0.2) is 12.3 Å². The van der Waals surface area contributed by atoms with Crippen molar-refractivity contribution < 1.29 is 4.79 Å². The van der Waals surface area contributed by atoms with Crippen LogP contribution in [0.25, 0.3) is 5.57 Å². The fraction of sp³-hybridized carbons (Fsp3) is 0.593. The second-order valence-electron chi connectivity index (χ2n) is 8.12. The Bertz CT molecular complexity index is 606. The van der Waals surface area contributed by atoms with E-state index in [2.05, 4.69) is 85.4 Å². The first kappa shape index (κ1) is 28.6. The molecule has 1 N–H and O–H groups in total. The second-order valence-corrected chi connectivity index (χ2v) is 9.04. The van der Waals surface area contributed by atoms with Crippen LogP contribution >= 0.6 is 15.9 Å². The maximum atomic E-state index is 8.81. The minimum Gasteiger partial charge on any atom is -0.382 e. The Morgan fingerprint density at radius 3 is 1.97 bits per heavy atom. The monoisotopic (exact) mass is 477 g/mol. The number of nitrogens with one attached hydrogen (secondary N) is 1. The third kappa shape index (κ3) is 13.8. The molecule has 1 aliphatic rings. The van der Waals surface area contributed by atoms with Gasteiger partial charge in [-0.1, -0.05) is 93.4 Å².